The highest BCUT2D eigenvalue weighted by Crippen LogP contribution is 2.54. The van der Waals surface area contributed by atoms with E-state index in [2.05, 4.69) is 78.7 Å². The maximum absolute atomic E-state index is 14.5. The third-order valence-corrected chi connectivity index (χ3v) is 19.9. The van der Waals surface area contributed by atoms with Crippen molar-refractivity contribution in [3.8, 4) is 5.75 Å². The van der Waals surface area contributed by atoms with Crippen LogP contribution in [0, 0.1) is 5.92 Å². The van der Waals surface area contributed by atoms with Gasteiger partial charge in [0.05, 0.1) is 45.5 Å². The molecule has 20 heteroatoms. The number of pyridine rings is 1. The Kier molecular flexibility index (Phi) is 13.7. The third-order valence-electron chi connectivity index (χ3n) is 16.0. The maximum Gasteiger partial charge on any atom is 0.262 e. The van der Waals surface area contributed by atoms with Crippen LogP contribution in [0.15, 0.2) is 65.3 Å². The first-order valence-electron chi connectivity index (χ1n) is 26.0. The normalized spacial score (nSPS) is 20.5. The molecule has 5 saturated heterocycles. The summed E-state index contributed by atoms with van der Waals surface area (Å²) in [4.78, 5) is 88.9. The molecule has 1 unspecified atom stereocenters. The van der Waals surface area contributed by atoms with Gasteiger partial charge in [0, 0.05) is 117 Å². The first kappa shape index (κ1) is 49.8. The number of carbonyl (C=O) groups excluding carboxylic acids is 5. The van der Waals surface area contributed by atoms with Crippen molar-refractivity contribution >= 4 is 103 Å². The molecule has 0 spiro atoms. The van der Waals surface area contributed by atoms with E-state index in [0.717, 1.165) is 114 Å². The molecule has 6 aliphatic rings. The second-order valence-electron chi connectivity index (χ2n) is 20.3. The fourth-order valence-electron chi connectivity index (χ4n) is 11.8. The molecular formula is C54H61BrN11O7P. The van der Waals surface area contributed by atoms with E-state index in [1.165, 1.54) is 5.56 Å². The van der Waals surface area contributed by atoms with Crippen molar-refractivity contribution < 1.29 is 33.3 Å². The van der Waals surface area contributed by atoms with Crippen LogP contribution in [0.3, 0.4) is 0 Å². The summed E-state index contributed by atoms with van der Waals surface area (Å²) in [6.45, 7) is 10.1. The van der Waals surface area contributed by atoms with Crippen LogP contribution in [-0.4, -0.2) is 143 Å². The third kappa shape index (κ3) is 9.29. The van der Waals surface area contributed by atoms with Gasteiger partial charge < -0.3 is 34.6 Å². The molecule has 11 rings (SSSR count). The zero-order valence-corrected chi connectivity index (χ0v) is 44.5. The lowest BCUT2D eigenvalue weighted by atomic mass is 9.95. The Morgan fingerprint density at radius 3 is 2.30 bits per heavy atom. The van der Waals surface area contributed by atoms with Gasteiger partial charge in [0.15, 0.2) is 0 Å². The first-order valence-corrected chi connectivity index (χ1v) is 28.9. The Balaban J connectivity index is 0.689. The summed E-state index contributed by atoms with van der Waals surface area (Å²) >= 11 is 3.67. The van der Waals surface area contributed by atoms with Crippen LogP contribution in [0.25, 0.3) is 10.9 Å². The molecule has 18 nitrogen and oxygen atoms in total. The number of fused-ring (bicyclic) bond motifs is 2. The molecule has 5 fully saturated rings. The molecule has 6 aliphatic heterocycles. The first-order chi connectivity index (χ1) is 35.8. The number of anilines is 6. The van der Waals surface area contributed by atoms with Crippen LogP contribution >= 0.6 is 23.1 Å². The number of hydrogen-bond acceptors (Lipinski definition) is 15. The van der Waals surface area contributed by atoms with Crippen molar-refractivity contribution in [2.45, 2.75) is 77.3 Å². The molecule has 8 heterocycles. The quantitative estimate of drug-likeness (QED) is 0.0817. The highest BCUT2D eigenvalue weighted by atomic mass is 79.9. The molecular weight excluding hydrogens is 1030 g/mol. The van der Waals surface area contributed by atoms with Gasteiger partial charge >= 0.3 is 0 Å². The van der Waals surface area contributed by atoms with Crippen LogP contribution in [0.4, 0.5) is 34.5 Å². The van der Waals surface area contributed by atoms with Gasteiger partial charge in [0.2, 0.25) is 23.7 Å². The van der Waals surface area contributed by atoms with Gasteiger partial charge in [-0.2, -0.15) is 4.98 Å². The number of rotatable bonds is 13. The van der Waals surface area contributed by atoms with E-state index in [4.69, 9.17) is 14.7 Å². The SMILES string of the molecule is CCc1ccc2c(P3(=O)CCCC3)c(Nc3nc(Nc4cc(CC)c(N5CCC(N6CCN(C(=O)C7CN(c8ccc9c(c8)C(=O)N(C8CCC(=O)NC8=O)C9=O)C7)CC6)CC5)cc4OC)ncc3Br)ccc2n1. The molecule has 5 aromatic rings. The fraction of sp³-hybridized carbons (Fsp3) is 0.444. The minimum atomic E-state index is -2.66. The Hall–Kier alpha value is -6.43. The minimum absolute atomic E-state index is 0.0631. The zero-order chi connectivity index (χ0) is 51.4. The van der Waals surface area contributed by atoms with Crippen molar-refractivity contribution in [1.82, 2.24) is 35.0 Å². The van der Waals surface area contributed by atoms with Gasteiger partial charge in [0.25, 0.3) is 11.8 Å². The molecule has 2 aromatic heterocycles. The molecule has 386 valence electrons. The molecule has 0 bridgehead atoms. The number of piperidine rings is 2. The minimum Gasteiger partial charge on any atom is -0.494 e. The van der Waals surface area contributed by atoms with Crippen LogP contribution in [0.2, 0.25) is 0 Å². The Labute approximate surface area is 438 Å². The lowest BCUT2D eigenvalue weighted by molar-refractivity contribution is -0.138. The van der Waals surface area contributed by atoms with E-state index in [0.29, 0.717) is 66.5 Å². The number of methoxy groups -OCH3 is 1. The van der Waals surface area contributed by atoms with E-state index < -0.39 is 36.8 Å². The smallest absolute Gasteiger partial charge is 0.262 e. The van der Waals surface area contributed by atoms with Crippen LogP contribution in [0.1, 0.15) is 84.3 Å². The molecule has 0 radical (unpaired) electrons. The van der Waals surface area contributed by atoms with Crippen molar-refractivity contribution in [2.24, 2.45) is 5.92 Å². The lowest BCUT2D eigenvalue weighted by Crippen LogP contribution is -2.59. The maximum atomic E-state index is 14.5. The number of hydrogen-bond donors (Lipinski definition) is 3. The van der Waals surface area contributed by atoms with Gasteiger partial charge in [-0.1, -0.05) is 19.9 Å². The molecule has 0 aliphatic carbocycles. The number of piperazine rings is 1. The summed E-state index contributed by atoms with van der Waals surface area (Å²) in [6, 6.07) is 16.8. The van der Waals surface area contributed by atoms with Crippen molar-refractivity contribution in [3.63, 3.8) is 0 Å². The molecule has 3 N–H and O–H groups in total. The standard InChI is InChI=1S/C54H61BrN11O7P/c1-4-32-26-43(59-54-56-29-40(55)49(61-54)58-42-13-12-41-38(10-8-34(5-2)57-41)48(42)74(72)24-6-7-25-74)46(73-3)28-45(32)63-18-16-35(17-19-63)62-20-22-64(23-21-62)51(69)33-30-65(31-33)36-9-11-37-39(27-36)53(71)66(52(37)70)44-14-15-47(67)60-50(44)68/h8-13,26-29,33,35,44H,4-7,14-25,30-31H2,1-3H3,(H,60,67,68)(H2,56,58,59,61). The highest BCUT2D eigenvalue weighted by molar-refractivity contribution is 9.10. The molecule has 0 saturated carbocycles. The number of benzene rings is 3. The summed E-state index contributed by atoms with van der Waals surface area (Å²) in [5, 5.41) is 11.0. The highest BCUT2D eigenvalue weighted by Gasteiger charge is 2.46. The van der Waals surface area contributed by atoms with Crippen molar-refractivity contribution in [3.05, 3.63) is 87.7 Å². The predicted octanol–water partition coefficient (Wildman–Crippen LogP) is 6.84. The van der Waals surface area contributed by atoms with E-state index in [1.807, 2.05) is 28.0 Å². The fourth-order valence-corrected chi connectivity index (χ4v) is 15.4. The van der Waals surface area contributed by atoms with E-state index >= 15 is 0 Å². The lowest BCUT2D eigenvalue weighted by Gasteiger charge is -2.46. The van der Waals surface area contributed by atoms with E-state index in [9.17, 15) is 28.5 Å². The zero-order valence-electron chi connectivity index (χ0n) is 42.0. The van der Waals surface area contributed by atoms with E-state index in [1.54, 1.807) is 31.5 Å². The van der Waals surface area contributed by atoms with Crippen molar-refractivity contribution in [1.29, 1.82) is 0 Å². The Morgan fingerprint density at radius 1 is 0.824 bits per heavy atom. The van der Waals surface area contributed by atoms with E-state index in [-0.39, 0.29) is 35.8 Å². The summed E-state index contributed by atoms with van der Waals surface area (Å²) in [5.41, 5.74) is 6.95. The topological polar surface area (TPSA) is 203 Å². The van der Waals surface area contributed by atoms with Gasteiger partial charge in [-0.3, -0.25) is 44.1 Å². The summed E-state index contributed by atoms with van der Waals surface area (Å²) in [6.07, 6.45) is 8.79. The summed E-state index contributed by atoms with van der Waals surface area (Å²) in [7, 11) is -0.984. The van der Waals surface area contributed by atoms with Gasteiger partial charge in [0.1, 0.15) is 24.8 Å². The summed E-state index contributed by atoms with van der Waals surface area (Å²) in [5.74, 6) is -0.513. The number of nitrogens with one attached hydrogen (secondary N) is 3. The number of imide groups is 2. The van der Waals surface area contributed by atoms with Crippen molar-refractivity contribution in [2.75, 3.05) is 92.2 Å². The molecule has 74 heavy (non-hydrogen) atoms. The monoisotopic (exact) mass is 1090 g/mol. The second-order valence-corrected chi connectivity index (χ2v) is 24.2. The van der Waals surface area contributed by atoms with Crippen LogP contribution in [-0.2, 0) is 31.8 Å². The predicted molar refractivity (Wildman–Crippen MR) is 288 cm³/mol. The largest absolute Gasteiger partial charge is 0.494 e. The number of nitrogens with zero attached hydrogens (tertiary/aromatic N) is 8. The molecule has 3 aromatic carbocycles. The Bertz CT molecular complexity index is 3140. The summed E-state index contributed by atoms with van der Waals surface area (Å²) < 4.78 is 21.2. The van der Waals surface area contributed by atoms with Gasteiger partial charge in [-0.25, -0.2) is 4.98 Å². The number of carbonyl (C=O) groups is 5. The number of ether oxygens (including phenoxy) is 1. The number of aromatic nitrogens is 3. The molecule has 1 atom stereocenters. The molecule has 5 amide bonds. The number of aryl methyl sites for hydroxylation is 2. The average molecular weight is 1090 g/mol. The van der Waals surface area contributed by atoms with Crippen LogP contribution in [0.5, 0.6) is 5.75 Å². The second kappa shape index (κ2) is 20.4. The van der Waals surface area contributed by atoms with Gasteiger partial charge in [-0.15, -0.1) is 0 Å². The number of amides is 5. The average Bonchev–Trinajstić information content (AvgIpc) is 3.95. The Morgan fingerprint density at radius 2 is 1.58 bits per heavy atom. The number of halogens is 1. The van der Waals surface area contributed by atoms with Gasteiger partial charge in [-0.05, 0) is 109 Å². The van der Waals surface area contributed by atoms with Crippen LogP contribution < -0.4 is 35.8 Å².